The van der Waals surface area contributed by atoms with E-state index in [-0.39, 0.29) is 28.3 Å². The molecule has 2 aromatic carbocycles. The van der Waals surface area contributed by atoms with Crippen molar-refractivity contribution in [3.63, 3.8) is 0 Å². The zero-order valence-electron chi connectivity index (χ0n) is 27.0. The molecule has 7 nitrogen and oxygen atoms in total. The van der Waals surface area contributed by atoms with Crippen molar-refractivity contribution in [3.05, 3.63) is 65.9 Å². The standard InChI is InChI=1S/C38H40F2N6O/c1-5-28-31(39)12-9-24-7-6-8-29(32(24)28)34-33(40)35-30(17-41-34)36(45-19-25-10-11-26(20-45)42-25)44-37(43-35)47-21-38-14-13-27(15-22(2)3)46(38)18-23(4)16-38/h1,6-9,12,17,22,25-27,42H,4,10-11,13-16,18-21H2,2-3H3/t25?,26?,27-,38-/m0/s1. The van der Waals surface area contributed by atoms with Crippen molar-refractivity contribution in [1.29, 1.82) is 0 Å². The molecule has 2 aromatic heterocycles. The molecule has 2 unspecified atom stereocenters. The van der Waals surface area contributed by atoms with Gasteiger partial charge in [0, 0.05) is 54.9 Å². The molecular weight excluding hydrogens is 594 g/mol. The molecule has 8 rings (SSSR count). The summed E-state index contributed by atoms with van der Waals surface area (Å²) in [6.07, 6.45) is 13.7. The van der Waals surface area contributed by atoms with Crippen LogP contribution in [0.2, 0.25) is 0 Å². The smallest absolute Gasteiger partial charge is 0.319 e. The lowest BCUT2D eigenvalue weighted by molar-refractivity contribution is 0.0789. The molecule has 6 heterocycles. The van der Waals surface area contributed by atoms with Crippen LogP contribution in [0, 0.1) is 29.9 Å². The molecule has 4 aliphatic rings. The highest BCUT2D eigenvalue weighted by Gasteiger charge is 2.51. The van der Waals surface area contributed by atoms with E-state index in [2.05, 4.69) is 46.4 Å². The highest BCUT2D eigenvalue weighted by Crippen LogP contribution is 2.46. The largest absolute Gasteiger partial charge is 0.461 e. The SMILES string of the molecule is C#Cc1c(F)ccc2cccc(-c3ncc4c(N5CC6CCC(C5)N6)nc(OC[C@@]56CC[C@@H](CC(C)C)N5CC(=C)C6)nc4c3F)c12. The summed E-state index contributed by atoms with van der Waals surface area (Å²) in [6.45, 7) is 11.7. The summed E-state index contributed by atoms with van der Waals surface area (Å²) in [5.74, 6) is 2.55. The van der Waals surface area contributed by atoms with Crippen molar-refractivity contribution in [2.45, 2.75) is 76.0 Å². The van der Waals surface area contributed by atoms with Gasteiger partial charge in [-0.3, -0.25) is 9.88 Å². The monoisotopic (exact) mass is 634 g/mol. The average Bonchev–Trinajstić information content (AvgIpc) is 3.69. The van der Waals surface area contributed by atoms with Crippen LogP contribution in [0.15, 0.2) is 48.7 Å². The number of fused-ring (bicyclic) bond motifs is 5. The first-order chi connectivity index (χ1) is 22.7. The van der Waals surface area contributed by atoms with Gasteiger partial charge < -0.3 is 15.0 Å². The van der Waals surface area contributed by atoms with Gasteiger partial charge >= 0.3 is 6.01 Å². The Morgan fingerprint density at radius 1 is 1.13 bits per heavy atom. The van der Waals surface area contributed by atoms with Crippen LogP contribution in [0.1, 0.15) is 57.9 Å². The molecule has 0 radical (unpaired) electrons. The first-order valence-corrected chi connectivity index (χ1v) is 16.8. The average molecular weight is 635 g/mol. The predicted octanol–water partition coefficient (Wildman–Crippen LogP) is 6.63. The quantitative estimate of drug-likeness (QED) is 0.181. The zero-order chi connectivity index (χ0) is 32.4. The number of terminal acetylenes is 1. The van der Waals surface area contributed by atoms with Crippen LogP contribution in [0.25, 0.3) is 32.9 Å². The topological polar surface area (TPSA) is 66.4 Å². The lowest BCUT2D eigenvalue weighted by atomic mass is 9.93. The molecule has 4 atom stereocenters. The normalized spacial score (nSPS) is 25.7. The number of aromatic nitrogens is 3. The Morgan fingerprint density at radius 2 is 1.94 bits per heavy atom. The van der Waals surface area contributed by atoms with E-state index in [0.29, 0.717) is 58.2 Å². The van der Waals surface area contributed by atoms with Crippen molar-refractivity contribution < 1.29 is 13.5 Å². The molecule has 242 valence electrons. The molecule has 0 saturated carbocycles. The van der Waals surface area contributed by atoms with Gasteiger partial charge in [-0.05, 0) is 55.9 Å². The number of piperazine rings is 1. The van der Waals surface area contributed by atoms with Crippen LogP contribution >= 0.6 is 0 Å². The second-order valence-corrected chi connectivity index (χ2v) is 14.4. The predicted molar refractivity (Wildman–Crippen MR) is 181 cm³/mol. The Labute approximate surface area is 274 Å². The molecular formula is C38H40F2N6O. The Balaban J connectivity index is 1.23. The summed E-state index contributed by atoms with van der Waals surface area (Å²) >= 11 is 0. The third-order valence-electron chi connectivity index (χ3n) is 10.7. The molecule has 0 spiro atoms. The van der Waals surface area contributed by atoms with Crippen LogP contribution in [0.3, 0.4) is 0 Å². The van der Waals surface area contributed by atoms with E-state index in [9.17, 15) is 4.39 Å². The van der Waals surface area contributed by atoms with E-state index in [4.69, 9.17) is 21.1 Å². The summed E-state index contributed by atoms with van der Waals surface area (Å²) in [4.78, 5) is 19.1. The Hall–Kier alpha value is -4.13. The second-order valence-electron chi connectivity index (χ2n) is 14.4. The van der Waals surface area contributed by atoms with Crippen molar-refractivity contribution in [2.75, 3.05) is 31.1 Å². The van der Waals surface area contributed by atoms with E-state index in [1.807, 2.05) is 6.07 Å². The number of rotatable bonds is 7. The van der Waals surface area contributed by atoms with Crippen molar-refractivity contribution in [3.8, 4) is 29.6 Å². The fourth-order valence-corrected chi connectivity index (χ4v) is 8.74. The molecule has 0 amide bonds. The van der Waals surface area contributed by atoms with Gasteiger partial charge in [0.15, 0.2) is 5.82 Å². The van der Waals surface area contributed by atoms with Crippen LogP contribution in [0.4, 0.5) is 14.6 Å². The number of benzene rings is 2. The van der Waals surface area contributed by atoms with Gasteiger partial charge in [0.2, 0.25) is 0 Å². The van der Waals surface area contributed by atoms with Crippen LogP contribution in [-0.2, 0) is 0 Å². The van der Waals surface area contributed by atoms with Crippen molar-refractivity contribution in [1.82, 2.24) is 25.2 Å². The lowest BCUT2D eigenvalue weighted by Gasteiger charge is -2.35. The summed E-state index contributed by atoms with van der Waals surface area (Å²) < 4.78 is 38.3. The maximum atomic E-state index is 16.9. The minimum absolute atomic E-state index is 0.0605. The van der Waals surface area contributed by atoms with Gasteiger partial charge in [0.25, 0.3) is 0 Å². The minimum Gasteiger partial charge on any atom is -0.461 e. The molecule has 4 saturated heterocycles. The summed E-state index contributed by atoms with van der Waals surface area (Å²) in [7, 11) is 0. The van der Waals surface area contributed by atoms with Gasteiger partial charge in [-0.25, -0.2) is 8.78 Å². The van der Waals surface area contributed by atoms with Crippen molar-refractivity contribution in [2.24, 2.45) is 5.92 Å². The first-order valence-electron chi connectivity index (χ1n) is 16.8. The fraction of sp³-hybridized carbons (Fsp3) is 0.447. The highest BCUT2D eigenvalue weighted by molar-refractivity contribution is 6.02. The third kappa shape index (κ3) is 5.13. The number of halogens is 2. The maximum Gasteiger partial charge on any atom is 0.319 e. The molecule has 4 fully saturated rings. The number of hydrogen-bond acceptors (Lipinski definition) is 7. The highest BCUT2D eigenvalue weighted by atomic mass is 19.1. The minimum atomic E-state index is -0.610. The molecule has 1 N–H and O–H groups in total. The molecule has 4 aromatic rings. The Bertz CT molecular complexity index is 1940. The maximum absolute atomic E-state index is 16.9. The van der Waals surface area contributed by atoms with Gasteiger partial charge in [-0.1, -0.05) is 56.2 Å². The molecule has 0 aliphatic carbocycles. The summed E-state index contributed by atoms with van der Waals surface area (Å²) in [5.41, 5.74) is 1.74. The number of pyridine rings is 1. The Kier molecular flexibility index (Phi) is 7.42. The summed E-state index contributed by atoms with van der Waals surface area (Å²) in [6, 6.07) is 9.68. The summed E-state index contributed by atoms with van der Waals surface area (Å²) in [5, 5.41) is 5.34. The molecule has 47 heavy (non-hydrogen) atoms. The van der Waals surface area contributed by atoms with Crippen LogP contribution < -0.4 is 15.0 Å². The molecule has 2 bridgehead atoms. The van der Waals surface area contributed by atoms with E-state index < -0.39 is 11.6 Å². The molecule has 4 aliphatic heterocycles. The first kappa shape index (κ1) is 30.2. The number of nitrogens with zero attached hydrogens (tertiary/aromatic N) is 5. The van der Waals surface area contributed by atoms with E-state index in [1.165, 1.54) is 11.6 Å². The van der Waals surface area contributed by atoms with Gasteiger partial charge in [0.05, 0.1) is 16.5 Å². The fourth-order valence-electron chi connectivity index (χ4n) is 8.74. The Morgan fingerprint density at radius 3 is 2.70 bits per heavy atom. The number of ether oxygens (including phenoxy) is 1. The number of nitrogens with one attached hydrogen (secondary N) is 1. The van der Waals surface area contributed by atoms with E-state index in [0.717, 1.165) is 58.2 Å². The van der Waals surface area contributed by atoms with Gasteiger partial charge in [-0.2, -0.15) is 9.97 Å². The second kappa shape index (κ2) is 11.5. The van der Waals surface area contributed by atoms with Gasteiger partial charge in [-0.15, -0.1) is 6.42 Å². The van der Waals surface area contributed by atoms with E-state index >= 15 is 4.39 Å². The number of hydrogen-bond donors (Lipinski definition) is 1. The van der Waals surface area contributed by atoms with Gasteiger partial charge in [0.1, 0.15) is 29.5 Å². The van der Waals surface area contributed by atoms with E-state index in [1.54, 1.807) is 24.4 Å². The zero-order valence-corrected chi connectivity index (χ0v) is 27.0. The van der Waals surface area contributed by atoms with Crippen LogP contribution in [-0.4, -0.2) is 69.8 Å². The van der Waals surface area contributed by atoms with Crippen molar-refractivity contribution >= 4 is 27.5 Å². The third-order valence-corrected chi connectivity index (χ3v) is 10.7. The molecule has 9 heteroatoms. The number of anilines is 1. The van der Waals surface area contributed by atoms with Crippen LogP contribution in [0.5, 0.6) is 6.01 Å². The lowest BCUT2D eigenvalue weighted by Crippen LogP contribution is -2.51.